The quantitative estimate of drug-likeness (QED) is 0.723. The number of nitrogens with zero attached hydrogens (tertiary/aromatic N) is 1. The molecule has 0 amide bonds. The number of piperidine rings is 1. The average molecular weight is 229 g/mol. The summed E-state index contributed by atoms with van der Waals surface area (Å²) in [5, 5.41) is 0. The Hall–Kier alpha value is -0.510. The van der Waals surface area contributed by atoms with E-state index in [1.165, 1.54) is 0 Å². The molecule has 1 aliphatic carbocycles. The van der Waals surface area contributed by atoms with E-state index in [1.54, 1.807) is 0 Å². The Morgan fingerprint density at radius 2 is 1.75 bits per heavy atom. The summed E-state index contributed by atoms with van der Waals surface area (Å²) in [4.78, 5) is 13.7. The van der Waals surface area contributed by atoms with Gasteiger partial charge < -0.3 is 0 Å². The number of carbonyl (C=O) groups is 1. The second-order valence-electron chi connectivity index (χ2n) is 5.66. The molecule has 3 rings (SSSR count). The normalized spacial score (nSPS) is 38.8. The summed E-state index contributed by atoms with van der Waals surface area (Å²) >= 11 is 0. The van der Waals surface area contributed by atoms with Crippen LogP contribution in [0.25, 0.3) is 0 Å². The molecule has 2 nitrogen and oxygen atoms in total. The fourth-order valence-corrected chi connectivity index (χ4v) is 3.57. The van der Waals surface area contributed by atoms with Crippen LogP contribution in [-0.2, 0) is 4.79 Å². The SMILES string of the molecule is O=C1C[C@H]2CC[C@@H](C1)N2CC1CC(F)(F)C1. The highest BCUT2D eigenvalue weighted by Crippen LogP contribution is 2.44. The maximum Gasteiger partial charge on any atom is 0.248 e. The minimum atomic E-state index is -2.41. The van der Waals surface area contributed by atoms with Crippen LogP contribution in [0.3, 0.4) is 0 Å². The van der Waals surface area contributed by atoms with Gasteiger partial charge in [-0.1, -0.05) is 0 Å². The zero-order valence-corrected chi connectivity index (χ0v) is 9.29. The van der Waals surface area contributed by atoms with Gasteiger partial charge in [0.25, 0.3) is 0 Å². The van der Waals surface area contributed by atoms with E-state index in [0.717, 1.165) is 19.4 Å². The molecule has 2 aliphatic heterocycles. The summed E-state index contributed by atoms with van der Waals surface area (Å²) in [7, 11) is 0. The largest absolute Gasteiger partial charge is 0.300 e. The number of hydrogen-bond acceptors (Lipinski definition) is 2. The number of carbonyl (C=O) groups excluding carboxylic acids is 1. The maximum absolute atomic E-state index is 12.7. The molecule has 2 atom stereocenters. The monoisotopic (exact) mass is 229 g/mol. The zero-order valence-electron chi connectivity index (χ0n) is 9.29. The minimum Gasteiger partial charge on any atom is -0.300 e. The third-order valence-electron chi connectivity index (χ3n) is 4.34. The van der Waals surface area contributed by atoms with E-state index in [1.807, 2.05) is 0 Å². The first-order chi connectivity index (χ1) is 7.53. The summed E-state index contributed by atoms with van der Waals surface area (Å²) in [5.74, 6) is -1.89. The second kappa shape index (κ2) is 3.49. The number of ketones is 1. The van der Waals surface area contributed by atoms with Crippen molar-refractivity contribution in [2.45, 2.75) is 56.5 Å². The molecule has 3 fully saturated rings. The van der Waals surface area contributed by atoms with Crippen LogP contribution in [0.1, 0.15) is 38.5 Å². The van der Waals surface area contributed by atoms with Gasteiger partial charge in [-0.25, -0.2) is 8.78 Å². The van der Waals surface area contributed by atoms with Gasteiger partial charge in [-0.2, -0.15) is 0 Å². The third kappa shape index (κ3) is 1.77. The first kappa shape index (κ1) is 10.6. The smallest absolute Gasteiger partial charge is 0.248 e. The van der Waals surface area contributed by atoms with Gasteiger partial charge in [0.1, 0.15) is 5.78 Å². The summed E-state index contributed by atoms with van der Waals surface area (Å²) in [6.45, 7) is 0.790. The molecule has 90 valence electrons. The van der Waals surface area contributed by atoms with E-state index < -0.39 is 5.92 Å². The molecule has 3 aliphatic rings. The van der Waals surface area contributed by atoms with E-state index >= 15 is 0 Å². The van der Waals surface area contributed by atoms with E-state index in [-0.39, 0.29) is 18.8 Å². The summed E-state index contributed by atoms with van der Waals surface area (Å²) in [5.41, 5.74) is 0. The van der Waals surface area contributed by atoms with Crippen LogP contribution in [0, 0.1) is 5.92 Å². The van der Waals surface area contributed by atoms with Crippen molar-refractivity contribution in [3.8, 4) is 0 Å². The molecule has 2 heterocycles. The molecular weight excluding hydrogens is 212 g/mol. The van der Waals surface area contributed by atoms with Crippen LogP contribution < -0.4 is 0 Å². The zero-order chi connectivity index (χ0) is 11.3. The number of alkyl halides is 2. The second-order valence-corrected chi connectivity index (χ2v) is 5.66. The van der Waals surface area contributed by atoms with Gasteiger partial charge in [0.15, 0.2) is 0 Å². The maximum atomic E-state index is 12.7. The van der Waals surface area contributed by atoms with Crippen LogP contribution >= 0.6 is 0 Å². The predicted molar refractivity (Wildman–Crippen MR) is 55.4 cm³/mol. The van der Waals surface area contributed by atoms with Gasteiger partial charge in [-0.3, -0.25) is 9.69 Å². The highest BCUT2D eigenvalue weighted by Gasteiger charge is 2.48. The molecule has 0 aromatic carbocycles. The molecule has 0 radical (unpaired) electrons. The molecule has 0 N–H and O–H groups in total. The molecule has 1 saturated carbocycles. The Morgan fingerprint density at radius 1 is 1.19 bits per heavy atom. The number of hydrogen-bond donors (Lipinski definition) is 0. The van der Waals surface area contributed by atoms with E-state index in [2.05, 4.69) is 4.90 Å². The lowest BCUT2D eigenvalue weighted by Gasteiger charge is -2.42. The molecule has 0 unspecified atom stereocenters. The lowest BCUT2D eigenvalue weighted by molar-refractivity contribution is -0.130. The van der Waals surface area contributed by atoms with Crippen molar-refractivity contribution in [3.63, 3.8) is 0 Å². The van der Waals surface area contributed by atoms with Crippen molar-refractivity contribution in [1.29, 1.82) is 0 Å². The molecule has 0 spiro atoms. The molecule has 0 aromatic heterocycles. The lowest BCUT2D eigenvalue weighted by atomic mass is 9.80. The molecular formula is C12H17F2NO. The summed E-state index contributed by atoms with van der Waals surface area (Å²) < 4.78 is 25.5. The summed E-state index contributed by atoms with van der Waals surface area (Å²) in [6.07, 6.45) is 3.58. The molecule has 2 bridgehead atoms. The van der Waals surface area contributed by atoms with Gasteiger partial charge in [-0.05, 0) is 18.8 Å². The Labute approximate surface area is 94.0 Å². The fraction of sp³-hybridized carbons (Fsp3) is 0.917. The van der Waals surface area contributed by atoms with Crippen molar-refractivity contribution in [2.75, 3.05) is 6.54 Å². The van der Waals surface area contributed by atoms with Crippen LogP contribution in [0.2, 0.25) is 0 Å². The van der Waals surface area contributed by atoms with E-state index in [0.29, 0.717) is 30.7 Å². The minimum absolute atomic E-state index is 0.0525. The van der Waals surface area contributed by atoms with Crippen molar-refractivity contribution in [1.82, 2.24) is 4.90 Å². The lowest BCUT2D eigenvalue weighted by Crippen LogP contribution is -2.49. The molecule has 0 aromatic rings. The van der Waals surface area contributed by atoms with Gasteiger partial charge in [-0.15, -0.1) is 0 Å². The summed E-state index contributed by atoms with van der Waals surface area (Å²) in [6, 6.07) is 0.723. The van der Waals surface area contributed by atoms with E-state index in [4.69, 9.17) is 0 Å². The first-order valence-corrected chi connectivity index (χ1v) is 6.19. The number of Topliss-reactive ketones (excluding diaryl/α,β-unsaturated/α-hetero) is 1. The van der Waals surface area contributed by atoms with Gasteiger partial charge in [0, 0.05) is 44.3 Å². The Bertz CT molecular complexity index is 294. The van der Waals surface area contributed by atoms with Crippen LogP contribution in [-0.4, -0.2) is 35.2 Å². The Kier molecular flexibility index (Phi) is 2.32. The highest BCUT2D eigenvalue weighted by molar-refractivity contribution is 5.80. The van der Waals surface area contributed by atoms with Crippen LogP contribution in [0.4, 0.5) is 8.78 Å². The fourth-order valence-electron chi connectivity index (χ4n) is 3.57. The van der Waals surface area contributed by atoms with E-state index in [9.17, 15) is 13.6 Å². The van der Waals surface area contributed by atoms with Crippen LogP contribution in [0.5, 0.6) is 0 Å². The average Bonchev–Trinajstić information content (AvgIpc) is 2.40. The van der Waals surface area contributed by atoms with Gasteiger partial charge in [0.2, 0.25) is 5.92 Å². The third-order valence-corrected chi connectivity index (χ3v) is 4.34. The molecule has 16 heavy (non-hydrogen) atoms. The topological polar surface area (TPSA) is 20.3 Å². The van der Waals surface area contributed by atoms with Gasteiger partial charge >= 0.3 is 0 Å². The Morgan fingerprint density at radius 3 is 2.25 bits per heavy atom. The highest BCUT2D eigenvalue weighted by atomic mass is 19.3. The number of rotatable bonds is 2. The van der Waals surface area contributed by atoms with Crippen molar-refractivity contribution >= 4 is 5.78 Å². The predicted octanol–water partition coefficient (Wildman–Crippen LogP) is 2.23. The van der Waals surface area contributed by atoms with Crippen LogP contribution in [0.15, 0.2) is 0 Å². The number of fused-ring (bicyclic) bond motifs is 2. The first-order valence-electron chi connectivity index (χ1n) is 6.19. The van der Waals surface area contributed by atoms with Crippen molar-refractivity contribution in [3.05, 3.63) is 0 Å². The molecule has 2 saturated heterocycles. The van der Waals surface area contributed by atoms with Gasteiger partial charge in [0.05, 0.1) is 0 Å². The van der Waals surface area contributed by atoms with Crippen molar-refractivity contribution in [2.24, 2.45) is 5.92 Å². The molecule has 4 heteroatoms. The standard InChI is InChI=1S/C12H17F2NO/c13-12(14)5-8(6-12)7-15-9-1-2-10(15)4-11(16)3-9/h8-10H,1-7H2/t9-,10+. The number of halogens is 2. The Balaban J connectivity index is 1.58. The van der Waals surface area contributed by atoms with Crippen molar-refractivity contribution < 1.29 is 13.6 Å².